The second-order valence-electron chi connectivity index (χ2n) is 6.19. The van der Waals surface area contributed by atoms with Gasteiger partial charge in [-0.3, -0.25) is 4.79 Å². The van der Waals surface area contributed by atoms with Gasteiger partial charge in [0.05, 0.1) is 17.5 Å². The smallest absolute Gasteiger partial charge is 0.220 e. The highest BCUT2D eigenvalue weighted by atomic mass is 16.5. The molecule has 3 N–H and O–H groups in total. The molecule has 0 aromatic heterocycles. The molecular formula is C19H33N3O2. The molecule has 0 heterocycles. The Morgan fingerprint density at radius 1 is 1.29 bits per heavy atom. The van der Waals surface area contributed by atoms with Crippen molar-refractivity contribution in [1.82, 2.24) is 5.32 Å². The maximum atomic E-state index is 11.9. The average Bonchev–Trinajstić information content (AvgIpc) is 2.55. The minimum Gasteiger partial charge on any atom is -0.397 e. The maximum absolute atomic E-state index is 11.9. The lowest BCUT2D eigenvalue weighted by atomic mass is 10.1. The highest BCUT2D eigenvalue weighted by Crippen LogP contribution is 2.24. The second-order valence-corrected chi connectivity index (χ2v) is 6.19. The van der Waals surface area contributed by atoms with Crippen molar-refractivity contribution in [3.63, 3.8) is 0 Å². The first-order valence-electron chi connectivity index (χ1n) is 8.99. The Labute approximate surface area is 146 Å². The number of nitrogens with one attached hydrogen (secondary N) is 1. The van der Waals surface area contributed by atoms with Crippen LogP contribution in [-0.2, 0) is 16.0 Å². The van der Waals surface area contributed by atoms with Gasteiger partial charge >= 0.3 is 0 Å². The molecule has 1 rings (SSSR count). The highest BCUT2D eigenvalue weighted by molar-refractivity contribution is 5.76. The Morgan fingerprint density at radius 3 is 2.58 bits per heavy atom. The van der Waals surface area contributed by atoms with E-state index < -0.39 is 0 Å². The van der Waals surface area contributed by atoms with Crippen molar-refractivity contribution in [2.45, 2.75) is 53.1 Å². The molecule has 1 aromatic rings. The van der Waals surface area contributed by atoms with Crippen LogP contribution in [0, 0.1) is 0 Å². The van der Waals surface area contributed by atoms with Crippen molar-refractivity contribution in [1.29, 1.82) is 0 Å². The molecule has 1 amide bonds. The van der Waals surface area contributed by atoms with E-state index in [1.807, 2.05) is 19.9 Å². The third kappa shape index (κ3) is 7.21. The second kappa shape index (κ2) is 10.9. The van der Waals surface area contributed by atoms with Gasteiger partial charge in [0, 0.05) is 32.7 Å². The van der Waals surface area contributed by atoms with Gasteiger partial charge in [-0.15, -0.1) is 0 Å². The van der Waals surface area contributed by atoms with E-state index in [0.29, 0.717) is 26.0 Å². The molecule has 1 aromatic carbocycles. The largest absolute Gasteiger partial charge is 0.397 e. The zero-order chi connectivity index (χ0) is 17.9. The van der Waals surface area contributed by atoms with Gasteiger partial charge in [-0.05, 0) is 58.2 Å². The highest BCUT2D eigenvalue weighted by Gasteiger charge is 2.08. The summed E-state index contributed by atoms with van der Waals surface area (Å²) < 4.78 is 5.45. The molecule has 0 fully saturated rings. The van der Waals surface area contributed by atoms with Crippen LogP contribution in [0.5, 0.6) is 0 Å². The van der Waals surface area contributed by atoms with Crippen LogP contribution in [0.1, 0.15) is 46.1 Å². The minimum absolute atomic E-state index is 0.0749. The molecule has 0 spiro atoms. The molecule has 0 aliphatic rings. The van der Waals surface area contributed by atoms with Gasteiger partial charge in [0.2, 0.25) is 5.91 Å². The zero-order valence-corrected chi connectivity index (χ0v) is 15.6. The third-order valence-corrected chi connectivity index (χ3v) is 3.93. The molecule has 5 nitrogen and oxygen atoms in total. The number of benzene rings is 1. The van der Waals surface area contributed by atoms with Gasteiger partial charge in [-0.2, -0.15) is 0 Å². The number of nitrogens with two attached hydrogens (primary N) is 1. The summed E-state index contributed by atoms with van der Waals surface area (Å²) in [6.45, 7) is 11.5. The van der Waals surface area contributed by atoms with Crippen LogP contribution in [0.2, 0.25) is 0 Å². The van der Waals surface area contributed by atoms with E-state index in [0.717, 1.165) is 36.4 Å². The van der Waals surface area contributed by atoms with E-state index in [2.05, 4.69) is 36.2 Å². The lowest BCUT2D eigenvalue weighted by Crippen LogP contribution is -2.25. The summed E-state index contributed by atoms with van der Waals surface area (Å²) in [4.78, 5) is 14.1. The molecule has 0 bridgehead atoms. The van der Waals surface area contributed by atoms with E-state index in [9.17, 15) is 4.79 Å². The lowest BCUT2D eigenvalue weighted by molar-refractivity contribution is -0.121. The van der Waals surface area contributed by atoms with Crippen molar-refractivity contribution in [3.8, 4) is 0 Å². The third-order valence-electron chi connectivity index (χ3n) is 3.93. The summed E-state index contributed by atoms with van der Waals surface area (Å²) in [5.41, 5.74) is 9.11. The number of ether oxygens (including phenoxy) is 1. The number of nitrogens with zero attached hydrogens (tertiary/aromatic N) is 1. The van der Waals surface area contributed by atoms with E-state index in [1.165, 1.54) is 0 Å². The first-order valence-corrected chi connectivity index (χ1v) is 8.99. The van der Waals surface area contributed by atoms with Crippen LogP contribution in [-0.4, -0.2) is 38.3 Å². The molecule has 0 atom stereocenters. The van der Waals surface area contributed by atoms with Crippen molar-refractivity contribution >= 4 is 17.3 Å². The molecule has 0 aliphatic carbocycles. The Morgan fingerprint density at radius 2 is 2.00 bits per heavy atom. The zero-order valence-electron chi connectivity index (χ0n) is 15.6. The first kappa shape index (κ1) is 20.3. The molecule has 0 radical (unpaired) electrons. The van der Waals surface area contributed by atoms with Crippen LogP contribution in [0.4, 0.5) is 11.4 Å². The van der Waals surface area contributed by atoms with Crippen LogP contribution < -0.4 is 16.0 Å². The molecule has 5 heteroatoms. The van der Waals surface area contributed by atoms with Crippen molar-refractivity contribution in [2.75, 3.05) is 36.9 Å². The van der Waals surface area contributed by atoms with E-state index in [-0.39, 0.29) is 12.0 Å². The SMILES string of the molecule is CCN(CC)c1ccc(CCC(=O)NCCCOC(C)C)cc1N. The molecule has 0 saturated heterocycles. The molecule has 0 aliphatic heterocycles. The number of carbonyl (C=O) groups is 1. The number of rotatable bonds is 11. The van der Waals surface area contributed by atoms with Gasteiger partial charge in [-0.25, -0.2) is 0 Å². The monoisotopic (exact) mass is 335 g/mol. The van der Waals surface area contributed by atoms with E-state index in [4.69, 9.17) is 10.5 Å². The summed E-state index contributed by atoms with van der Waals surface area (Å²) in [5.74, 6) is 0.0749. The van der Waals surface area contributed by atoms with Crippen molar-refractivity contribution in [2.24, 2.45) is 0 Å². The van der Waals surface area contributed by atoms with Gasteiger partial charge in [0.25, 0.3) is 0 Å². The molecule has 0 unspecified atom stereocenters. The number of amides is 1. The number of nitrogen functional groups attached to an aromatic ring is 1. The molecule has 0 saturated carbocycles. The number of anilines is 2. The first-order chi connectivity index (χ1) is 11.5. The quantitative estimate of drug-likeness (QED) is 0.482. The van der Waals surface area contributed by atoms with Crippen LogP contribution in [0.25, 0.3) is 0 Å². The summed E-state index contributed by atoms with van der Waals surface area (Å²) >= 11 is 0. The number of carbonyl (C=O) groups excluding carboxylic acids is 1. The van der Waals surface area contributed by atoms with Gasteiger partial charge in [-0.1, -0.05) is 6.07 Å². The van der Waals surface area contributed by atoms with E-state index in [1.54, 1.807) is 0 Å². The average molecular weight is 335 g/mol. The molecular weight excluding hydrogens is 302 g/mol. The Kier molecular flexibility index (Phi) is 9.23. The predicted molar refractivity (Wildman–Crippen MR) is 101 cm³/mol. The van der Waals surface area contributed by atoms with Crippen molar-refractivity contribution in [3.05, 3.63) is 23.8 Å². The van der Waals surface area contributed by atoms with Crippen LogP contribution in [0.15, 0.2) is 18.2 Å². The normalized spacial score (nSPS) is 10.9. The summed E-state index contributed by atoms with van der Waals surface area (Å²) in [5, 5.41) is 2.93. The standard InChI is InChI=1S/C19H33N3O2/c1-5-22(6-2)18-10-8-16(14-17(18)20)9-11-19(23)21-12-7-13-24-15(3)4/h8,10,14-15H,5-7,9,11-13,20H2,1-4H3,(H,21,23). The number of aryl methyl sites for hydroxylation is 1. The Hall–Kier alpha value is -1.75. The number of hydrogen-bond acceptors (Lipinski definition) is 4. The number of hydrogen-bond donors (Lipinski definition) is 2. The molecule has 136 valence electrons. The summed E-state index contributed by atoms with van der Waals surface area (Å²) in [7, 11) is 0. The fourth-order valence-corrected chi connectivity index (χ4v) is 2.58. The van der Waals surface area contributed by atoms with E-state index >= 15 is 0 Å². The topological polar surface area (TPSA) is 67.6 Å². The predicted octanol–water partition coefficient (Wildman–Crippen LogP) is 2.98. The van der Waals surface area contributed by atoms with Gasteiger partial charge < -0.3 is 20.7 Å². The van der Waals surface area contributed by atoms with Gasteiger partial charge in [0.15, 0.2) is 0 Å². The Balaban J connectivity index is 2.36. The maximum Gasteiger partial charge on any atom is 0.220 e. The van der Waals surface area contributed by atoms with Crippen LogP contribution >= 0.6 is 0 Å². The Bertz CT molecular complexity index is 499. The van der Waals surface area contributed by atoms with Crippen LogP contribution in [0.3, 0.4) is 0 Å². The summed E-state index contributed by atoms with van der Waals surface area (Å²) in [6, 6.07) is 6.10. The van der Waals surface area contributed by atoms with Gasteiger partial charge in [0.1, 0.15) is 0 Å². The fraction of sp³-hybridized carbons (Fsp3) is 0.632. The van der Waals surface area contributed by atoms with Crippen molar-refractivity contribution < 1.29 is 9.53 Å². The summed E-state index contributed by atoms with van der Waals surface area (Å²) in [6.07, 6.45) is 2.27. The lowest BCUT2D eigenvalue weighted by Gasteiger charge is -2.23. The molecule has 24 heavy (non-hydrogen) atoms. The fourth-order valence-electron chi connectivity index (χ4n) is 2.58. The minimum atomic E-state index is 0.0749.